The highest BCUT2D eigenvalue weighted by Gasteiger charge is 2.57. The first kappa shape index (κ1) is 13.8. The summed E-state index contributed by atoms with van der Waals surface area (Å²) in [4.78, 5) is 12.4. The van der Waals surface area contributed by atoms with Crippen molar-refractivity contribution in [1.29, 1.82) is 0 Å². The van der Waals surface area contributed by atoms with Crippen LogP contribution in [0.5, 0.6) is 0 Å². The second-order valence-corrected chi connectivity index (χ2v) is 7.02. The average molecular weight is 252 g/mol. The minimum Gasteiger partial charge on any atom is -0.396 e. The molecule has 0 aromatic rings. The van der Waals surface area contributed by atoms with Gasteiger partial charge in [0.1, 0.15) is 0 Å². The first-order chi connectivity index (χ1) is 8.22. The monoisotopic (exact) mass is 252 g/mol. The van der Waals surface area contributed by atoms with Crippen LogP contribution in [0.15, 0.2) is 11.6 Å². The number of hydrogen-bond acceptors (Lipinski definition) is 3. The summed E-state index contributed by atoms with van der Waals surface area (Å²) in [6.07, 6.45) is 2.58. The molecule has 0 saturated heterocycles. The maximum Gasteiger partial charge on any atom is 0.159 e. The van der Waals surface area contributed by atoms with Gasteiger partial charge in [0.15, 0.2) is 5.78 Å². The van der Waals surface area contributed by atoms with Crippen LogP contribution in [-0.2, 0) is 4.79 Å². The van der Waals surface area contributed by atoms with Crippen LogP contribution < -0.4 is 0 Å². The second-order valence-electron chi connectivity index (χ2n) is 7.02. The predicted octanol–water partition coefficient (Wildman–Crippen LogP) is 1.93. The average Bonchev–Trinajstić information content (AvgIpc) is 2.12. The Bertz CT molecular complexity index is 397. The van der Waals surface area contributed by atoms with E-state index in [-0.39, 0.29) is 41.2 Å². The molecule has 0 aromatic carbocycles. The van der Waals surface area contributed by atoms with Crippen molar-refractivity contribution in [1.82, 2.24) is 0 Å². The summed E-state index contributed by atoms with van der Waals surface area (Å²) in [6.45, 7) is 8.12. The van der Waals surface area contributed by atoms with E-state index in [4.69, 9.17) is 0 Å². The molecule has 0 bridgehead atoms. The number of ketones is 1. The standard InChI is InChI=1S/C15H24O3/c1-9-5-12(18)13-14(2,3)6-10(17)7-15(13,4)11(9)8-16/h5,10-11,13,16-17H,6-8H2,1-4H3/t10-,11+,13-,15+/m0/s1. The van der Waals surface area contributed by atoms with Gasteiger partial charge in [-0.15, -0.1) is 0 Å². The van der Waals surface area contributed by atoms with Gasteiger partial charge in [0.2, 0.25) is 0 Å². The fourth-order valence-corrected chi connectivity index (χ4v) is 4.65. The summed E-state index contributed by atoms with van der Waals surface area (Å²) in [6, 6.07) is 0. The third kappa shape index (κ3) is 1.84. The number of carbonyl (C=O) groups excluding carboxylic acids is 1. The molecule has 1 saturated carbocycles. The van der Waals surface area contributed by atoms with Crippen LogP contribution in [0, 0.1) is 22.7 Å². The molecule has 2 aliphatic rings. The van der Waals surface area contributed by atoms with Crippen molar-refractivity contribution in [2.24, 2.45) is 22.7 Å². The molecule has 0 amide bonds. The third-order valence-corrected chi connectivity index (χ3v) is 5.06. The zero-order valence-corrected chi connectivity index (χ0v) is 11.7. The zero-order valence-electron chi connectivity index (χ0n) is 11.7. The molecule has 3 heteroatoms. The number of aliphatic hydroxyl groups is 2. The van der Waals surface area contributed by atoms with E-state index in [0.717, 1.165) is 5.57 Å². The second kappa shape index (κ2) is 4.17. The first-order valence-corrected chi connectivity index (χ1v) is 6.73. The minimum atomic E-state index is -0.381. The fraction of sp³-hybridized carbons (Fsp3) is 0.800. The van der Waals surface area contributed by atoms with E-state index in [1.807, 2.05) is 6.92 Å². The van der Waals surface area contributed by atoms with E-state index < -0.39 is 0 Å². The molecule has 0 radical (unpaired) electrons. The van der Waals surface area contributed by atoms with Gasteiger partial charge in [0.05, 0.1) is 12.7 Å². The van der Waals surface area contributed by atoms with Gasteiger partial charge in [-0.3, -0.25) is 4.79 Å². The predicted molar refractivity (Wildman–Crippen MR) is 70.0 cm³/mol. The normalized spacial score (nSPS) is 43.3. The van der Waals surface area contributed by atoms with Crippen molar-refractivity contribution in [3.63, 3.8) is 0 Å². The van der Waals surface area contributed by atoms with Crippen molar-refractivity contribution in [3.05, 3.63) is 11.6 Å². The maximum atomic E-state index is 12.4. The maximum absolute atomic E-state index is 12.4. The summed E-state index contributed by atoms with van der Waals surface area (Å²) < 4.78 is 0. The largest absolute Gasteiger partial charge is 0.396 e. The van der Waals surface area contributed by atoms with E-state index >= 15 is 0 Å². The first-order valence-electron chi connectivity index (χ1n) is 6.73. The van der Waals surface area contributed by atoms with Gasteiger partial charge in [-0.25, -0.2) is 0 Å². The van der Waals surface area contributed by atoms with Gasteiger partial charge in [-0.2, -0.15) is 0 Å². The van der Waals surface area contributed by atoms with E-state index in [9.17, 15) is 15.0 Å². The van der Waals surface area contributed by atoms with Crippen LogP contribution in [-0.4, -0.2) is 28.7 Å². The molecule has 2 aliphatic carbocycles. The van der Waals surface area contributed by atoms with Crippen molar-refractivity contribution < 1.29 is 15.0 Å². The van der Waals surface area contributed by atoms with Crippen LogP contribution in [0.4, 0.5) is 0 Å². The molecule has 0 heterocycles. The highest BCUT2D eigenvalue weighted by molar-refractivity contribution is 5.95. The topological polar surface area (TPSA) is 57.5 Å². The lowest BCUT2D eigenvalue weighted by atomic mass is 9.48. The van der Waals surface area contributed by atoms with Crippen LogP contribution >= 0.6 is 0 Å². The third-order valence-electron chi connectivity index (χ3n) is 5.06. The molecule has 0 aromatic heterocycles. The Hall–Kier alpha value is -0.670. The molecular formula is C15H24O3. The summed E-state index contributed by atoms with van der Waals surface area (Å²) >= 11 is 0. The number of fused-ring (bicyclic) bond motifs is 1. The van der Waals surface area contributed by atoms with Gasteiger partial charge < -0.3 is 10.2 Å². The van der Waals surface area contributed by atoms with Crippen LogP contribution in [0.2, 0.25) is 0 Å². The van der Waals surface area contributed by atoms with Crippen molar-refractivity contribution in [3.8, 4) is 0 Å². The summed E-state index contributed by atoms with van der Waals surface area (Å²) in [5.41, 5.74) is 0.408. The van der Waals surface area contributed by atoms with Crippen LogP contribution in [0.1, 0.15) is 40.5 Å². The molecule has 102 valence electrons. The van der Waals surface area contributed by atoms with Crippen LogP contribution in [0.3, 0.4) is 0 Å². The van der Waals surface area contributed by atoms with Crippen molar-refractivity contribution in [2.75, 3.05) is 6.61 Å². The molecule has 0 aliphatic heterocycles. The fourth-order valence-electron chi connectivity index (χ4n) is 4.65. The van der Waals surface area contributed by atoms with Crippen molar-refractivity contribution >= 4 is 5.78 Å². The van der Waals surface area contributed by atoms with Gasteiger partial charge in [-0.1, -0.05) is 26.3 Å². The molecule has 3 nitrogen and oxygen atoms in total. The molecule has 1 fully saturated rings. The van der Waals surface area contributed by atoms with Gasteiger partial charge >= 0.3 is 0 Å². The van der Waals surface area contributed by atoms with Gasteiger partial charge in [0, 0.05) is 11.8 Å². The summed E-state index contributed by atoms with van der Waals surface area (Å²) in [7, 11) is 0. The quantitative estimate of drug-likeness (QED) is 0.749. The number of carbonyl (C=O) groups is 1. The molecule has 0 spiro atoms. The SMILES string of the molecule is CC1=CC(=O)[C@H]2C(C)(C)C[C@H](O)C[C@]2(C)[C@@H]1CO. The number of rotatable bonds is 1. The Balaban J connectivity index is 2.54. The Morgan fingerprint density at radius 3 is 2.50 bits per heavy atom. The van der Waals surface area contributed by atoms with Gasteiger partial charge in [0.25, 0.3) is 0 Å². The molecule has 0 unspecified atom stereocenters. The molecule has 2 rings (SSSR count). The molecule has 18 heavy (non-hydrogen) atoms. The Kier molecular flexibility index (Phi) is 3.19. The number of aliphatic hydroxyl groups excluding tert-OH is 2. The highest BCUT2D eigenvalue weighted by Crippen LogP contribution is 2.58. The smallest absolute Gasteiger partial charge is 0.159 e. The van der Waals surface area contributed by atoms with E-state index in [1.165, 1.54) is 0 Å². The zero-order chi connectivity index (χ0) is 13.7. The summed E-state index contributed by atoms with van der Waals surface area (Å²) in [5.74, 6) is 0.0419. The Morgan fingerprint density at radius 1 is 1.33 bits per heavy atom. The highest BCUT2D eigenvalue weighted by atomic mass is 16.3. The lowest BCUT2D eigenvalue weighted by Gasteiger charge is -2.56. The van der Waals surface area contributed by atoms with E-state index in [1.54, 1.807) is 6.08 Å². The van der Waals surface area contributed by atoms with Gasteiger partial charge in [-0.05, 0) is 36.7 Å². The molecular weight excluding hydrogens is 228 g/mol. The number of hydrogen-bond donors (Lipinski definition) is 2. The van der Waals surface area contributed by atoms with Crippen LogP contribution in [0.25, 0.3) is 0 Å². The van der Waals surface area contributed by atoms with E-state index in [0.29, 0.717) is 12.8 Å². The van der Waals surface area contributed by atoms with E-state index in [2.05, 4.69) is 20.8 Å². The molecule has 4 atom stereocenters. The Labute approximate surface area is 109 Å². The lowest BCUT2D eigenvalue weighted by Crippen LogP contribution is -2.56. The Morgan fingerprint density at radius 2 is 1.94 bits per heavy atom. The number of allylic oxidation sites excluding steroid dienone is 1. The lowest BCUT2D eigenvalue weighted by molar-refractivity contribution is -0.146. The summed E-state index contributed by atoms with van der Waals surface area (Å²) in [5, 5.41) is 19.8. The van der Waals surface area contributed by atoms with Crippen molar-refractivity contribution in [2.45, 2.75) is 46.6 Å². The molecule has 2 N–H and O–H groups in total. The minimum absolute atomic E-state index is 0.0191.